The van der Waals surface area contributed by atoms with E-state index in [0.29, 0.717) is 0 Å². The Bertz CT molecular complexity index is 1390. The van der Waals surface area contributed by atoms with Gasteiger partial charge in [-0.1, -0.05) is 11.6 Å². The molecular weight excluding hydrogens is 513 g/mol. The molecule has 0 radical (unpaired) electrons. The molecule has 0 spiro atoms. The number of amides is 3. The van der Waals surface area contributed by atoms with E-state index in [4.69, 9.17) is 11.6 Å². The van der Waals surface area contributed by atoms with E-state index in [-0.39, 0.29) is 33.9 Å². The van der Waals surface area contributed by atoms with Gasteiger partial charge in [-0.05, 0) is 25.8 Å². The number of hydrogen-bond acceptors (Lipinski definition) is 5. The normalized spacial score (nSPS) is 19.6. The lowest BCUT2D eigenvalue weighted by Gasteiger charge is -2.28. The van der Waals surface area contributed by atoms with E-state index in [1.165, 1.54) is 6.07 Å². The van der Waals surface area contributed by atoms with Crippen LogP contribution in [0.3, 0.4) is 0 Å². The Morgan fingerprint density at radius 2 is 1.92 bits per heavy atom. The summed E-state index contributed by atoms with van der Waals surface area (Å²) in [6, 6.07) is 1.01. The third kappa shape index (κ3) is 3.98. The first-order valence-corrected chi connectivity index (χ1v) is 11.1. The van der Waals surface area contributed by atoms with Crippen molar-refractivity contribution in [3.8, 4) is 0 Å². The predicted molar refractivity (Wildman–Crippen MR) is 117 cm³/mol. The Morgan fingerprint density at radius 3 is 2.56 bits per heavy atom. The first-order valence-electron chi connectivity index (χ1n) is 10.7. The minimum absolute atomic E-state index is 0.0577. The van der Waals surface area contributed by atoms with Gasteiger partial charge in [0.1, 0.15) is 11.1 Å². The van der Waals surface area contributed by atoms with Crippen LogP contribution in [-0.4, -0.2) is 50.3 Å². The van der Waals surface area contributed by atoms with Gasteiger partial charge >= 0.3 is 12.2 Å². The first kappa shape index (κ1) is 24.2. The van der Waals surface area contributed by atoms with Crippen molar-refractivity contribution in [2.75, 3.05) is 16.8 Å². The molecule has 0 bridgehead atoms. The summed E-state index contributed by atoms with van der Waals surface area (Å²) in [5.41, 5.74) is -4.44. The largest absolute Gasteiger partial charge is 0.401 e. The smallest absolute Gasteiger partial charge is 0.348 e. The van der Waals surface area contributed by atoms with Crippen molar-refractivity contribution in [1.29, 1.82) is 0 Å². The van der Waals surface area contributed by atoms with E-state index >= 15 is 0 Å². The summed E-state index contributed by atoms with van der Waals surface area (Å²) in [4.78, 5) is 33.9. The second kappa shape index (κ2) is 8.25. The Hall–Kier alpha value is -3.55. The van der Waals surface area contributed by atoms with E-state index in [0.717, 1.165) is 47.6 Å². The highest BCUT2D eigenvalue weighted by atomic mass is 35.5. The number of nitrogens with zero attached hydrogens (tertiary/aromatic N) is 5. The third-order valence-electron chi connectivity index (χ3n) is 6.12. The molecule has 4 heterocycles. The predicted octanol–water partition coefficient (Wildman–Crippen LogP) is 4.48. The van der Waals surface area contributed by atoms with E-state index in [9.17, 15) is 31.5 Å². The molecule has 1 saturated carbocycles. The molecule has 2 aliphatic rings. The van der Waals surface area contributed by atoms with Crippen LogP contribution in [-0.2, 0) is 5.41 Å². The van der Waals surface area contributed by atoms with Gasteiger partial charge in [0.05, 0.1) is 35.0 Å². The van der Waals surface area contributed by atoms with Crippen molar-refractivity contribution in [3.63, 3.8) is 0 Å². The SMILES string of the molecule is C[C@@]1(C(F)(F)F)CN(C(=O)Nc2cnc(C(=O)NC3CC3)c(C(F)F)c2)c2cnc3cc(Cl)nn3c21. The number of fused-ring (bicyclic) bond motifs is 3. The zero-order chi connectivity index (χ0) is 26.0. The quantitative estimate of drug-likeness (QED) is 0.485. The van der Waals surface area contributed by atoms with Gasteiger partial charge in [0.15, 0.2) is 10.8 Å². The van der Waals surface area contributed by atoms with E-state index in [2.05, 4.69) is 25.7 Å². The molecule has 1 aliphatic carbocycles. The molecule has 190 valence electrons. The number of rotatable bonds is 4. The maximum Gasteiger partial charge on any atom is 0.401 e. The van der Waals surface area contributed by atoms with Crippen LogP contribution in [0.1, 0.15) is 47.9 Å². The van der Waals surface area contributed by atoms with Gasteiger partial charge in [0, 0.05) is 18.7 Å². The second-order valence-electron chi connectivity index (χ2n) is 8.79. The molecule has 1 aliphatic heterocycles. The number of halogens is 6. The van der Waals surface area contributed by atoms with Gasteiger partial charge in [-0.15, -0.1) is 0 Å². The van der Waals surface area contributed by atoms with Crippen LogP contribution in [0, 0.1) is 0 Å². The zero-order valence-corrected chi connectivity index (χ0v) is 19.2. The fraction of sp³-hybridized carbons (Fsp3) is 0.381. The number of nitrogens with one attached hydrogen (secondary N) is 2. The Kier molecular flexibility index (Phi) is 5.54. The van der Waals surface area contributed by atoms with Crippen molar-refractivity contribution in [2.24, 2.45) is 0 Å². The molecule has 3 amide bonds. The molecule has 3 aromatic heterocycles. The van der Waals surface area contributed by atoms with Gasteiger partial charge < -0.3 is 10.6 Å². The maximum absolute atomic E-state index is 14.2. The fourth-order valence-corrected chi connectivity index (χ4v) is 4.24. The average Bonchev–Trinajstić information content (AvgIpc) is 3.43. The molecule has 0 unspecified atom stereocenters. The molecule has 5 rings (SSSR count). The summed E-state index contributed by atoms with van der Waals surface area (Å²) in [6.07, 6.45) is -4.32. The molecule has 1 atom stereocenters. The highest BCUT2D eigenvalue weighted by Gasteiger charge is 2.60. The van der Waals surface area contributed by atoms with Gasteiger partial charge in [0.2, 0.25) is 0 Å². The summed E-state index contributed by atoms with van der Waals surface area (Å²) in [6.45, 7) is 0.0881. The lowest BCUT2D eigenvalue weighted by molar-refractivity contribution is -0.181. The monoisotopic (exact) mass is 529 g/mol. The first-order chi connectivity index (χ1) is 16.9. The number of carbonyl (C=O) groups is 2. The lowest BCUT2D eigenvalue weighted by atomic mass is 9.88. The maximum atomic E-state index is 14.2. The summed E-state index contributed by atoms with van der Waals surface area (Å²) in [5, 5.41) is 8.65. The summed E-state index contributed by atoms with van der Waals surface area (Å²) in [7, 11) is 0. The van der Waals surface area contributed by atoms with Gasteiger partial charge in [-0.25, -0.2) is 28.1 Å². The Labute approximate surface area is 204 Å². The molecule has 3 aromatic rings. The minimum atomic E-state index is -4.79. The molecule has 9 nitrogen and oxygen atoms in total. The van der Waals surface area contributed by atoms with E-state index in [1.807, 2.05) is 0 Å². The van der Waals surface area contributed by atoms with Crippen LogP contribution in [0.5, 0.6) is 0 Å². The van der Waals surface area contributed by atoms with Gasteiger partial charge in [-0.2, -0.15) is 18.3 Å². The molecule has 0 saturated heterocycles. The van der Waals surface area contributed by atoms with Crippen LogP contribution >= 0.6 is 11.6 Å². The zero-order valence-electron chi connectivity index (χ0n) is 18.4. The lowest BCUT2D eigenvalue weighted by Crippen LogP contribution is -2.46. The third-order valence-corrected chi connectivity index (χ3v) is 6.31. The van der Waals surface area contributed by atoms with Crippen molar-refractivity contribution in [1.82, 2.24) is 24.9 Å². The number of pyridine rings is 1. The topological polar surface area (TPSA) is 105 Å². The second-order valence-corrected chi connectivity index (χ2v) is 9.17. The van der Waals surface area contributed by atoms with Crippen LogP contribution in [0.4, 0.5) is 38.1 Å². The highest BCUT2D eigenvalue weighted by Crippen LogP contribution is 2.50. The van der Waals surface area contributed by atoms with Crippen LogP contribution < -0.4 is 15.5 Å². The standard InChI is InChI=1S/C21H17ClF5N7O2/c1-20(21(25,26)27)8-33(12-7-28-14-5-13(22)32-34(14)16(12)20)19(36)31-10-4-11(17(23)24)15(29-6-10)18(35)30-9-2-3-9/h4-7,9,17H,2-3,8H2,1H3,(H,30,35)(H,31,36)/t20-/m1/s1. The van der Waals surface area contributed by atoms with E-state index < -0.39 is 47.8 Å². The van der Waals surface area contributed by atoms with Gasteiger partial charge in [-0.3, -0.25) is 9.69 Å². The molecule has 0 aromatic carbocycles. The number of alkyl halides is 5. The Morgan fingerprint density at radius 1 is 1.19 bits per heavy atom. The molecule has 36 heavy (non-hydrogen) atoms. The van der Waals surface area contributed by atoms with Crippen LogP contribution in [0.2, 0.25) is 5.15 Å². The molecule has 15 heteroatoms. The van der Waals surface area contributed by atoms with Gasteiger partial charge in [0.25, 0.3) is 12.3 Å². The summed E-state index contributed by atoms with van der Waals surface area (Å²) < 4.78 is 70.8. The Balaban J connectivity index is 1.48. The van der Waals surface area contributed by atoms with E-state index in [1.54, 1.807) is 0 Å². The summed E-state index contributed by atoms with van der Waals surface area (Å²) >= 11 is 5.86. The fourth-order valence-electron chi connectivity index (χ4n) is 4.07. The number of aromatic nitrogens is 4. The van der Waals surface area contributed by atoms with Crippen molar-refractivity contribution >= 4 is 40.6 Å². The highest BCUT2D eigenvalue weighted by molar-refractivity contribution is 6.29. The van der Waals surface area contributed by atoms with Crippen molar-refractivity contribution in [2.45, 2.75) is 43.8 Å². The van der Waals surface area contributed by atoms with Crippen LogP contribution in [0.15, 0.2) is 24.5 Å². The average molecular weight is 530 g/mol. The van der Waals surface area contributed by atoms with Crippen molar-refractivity contribution < 1.29 is 31.5 Å². The number of anilines is 2. The number of hydrogen-bond donors (Lipinski definition) is 2. The molecule has 1 fully saturated rings. The molecular formula is C21H17ClF5N7O2. The number of urea groups is 1. The number of carbonyl (C=O) groups excluding carboxylic acids is 2. The molecule has 2 N–H and O–H groups in total. The van der Waals surface area contributed by atoms with Crippen molar-refractivity contribution in [3.05, 3.63) is 46.6 Å². The minimum Gasteiger partial charge on any atom is -0.348 e. The van der Waals surface area contributed by atoms with Crippen LogP contribution in [0.25, 0.3) is 5.65 Å². The summed E-state index contributed by atoms with van der Waals surface area (Å²) in [5.74, 6) is -0.770.